The predicted molar refractivity (Wildman–Crippen MR) is 51.4 cm³/mol. The van der Waals surface area contributed by atoms with Crippen molar-refractivity contribution in [1.82, 2.24) is 0 Å². The molecular formula is C10H10F2N2O. The molecule has 1 aliphatic rings. The molecule has 0 amide bonds. The van der Waals surface area contributed by atoms with Gasteiger partial charge in [-0.1, -0.05) is 6.07 Å². The van der Waals surface area contributed by atoms with Gasteiger partial charge in [-0.15, -0.1) is 0 Å². The standard InChI is InChI=1S/C10H10F2N2O/c11-8-2-1-6(4-9(8)12)3-7-5-15-10(13)14-7/h1-2,4,7H,3,5H2,(H2,13,14). The molecule has 3 nitrogen and oxygen atoms in total. The second-order valence-electron chi connectivity index (χ2n) is 3.38. The van der Waals surface area contributed by atoms with Gasteiger partial charge in [-0.25, -0.2) is 13.8 Å². The number of nitrogens with two attached hydrogens (primary N) is 1. The number of benzene rings is 1. The van der Waals surface area contributed by atoms with Crippen LogP contribution in [0, 0.1) is 11.6 Å². The van der Waals surface area contributed by atoms with Crippen molar-refractivity contribution in [3.8, 4) is 0 Å². The molecule has 1 heterocycles. The lowest BCUT2D eigenvalue weighted by atomic mass is 10.1. The van der Waals surface area contributed by atoms with Crippen LogP contribution in [0.2, 0.25) is 0 Å². The number of aliphatic imine (C=N–C) groups is 1. The molecule has 0 bridgehead atoms. The molecule has 1 unspecified atom stereocenters. The van der Waals surface area contributed by atoms with Crippen molar-refractivity contribution in [2.75, 3.05) is 6.61 Å². The summed E-state index contributed by atoms with van der Waals surface area (Å²) in [6.07, 6.45) is 0.498. The van der Waals surface area contributed by atoms with E-state index in [1.807, 2.05) is 0 Å². The fourth-order valence-electron chi connectivity index (χ4n) is 1.48. The zero-order valence-corrected chi connectivity index (χ0v) is 7.91. The molecule has 0 fully saturated rings. The van der Waals surface area contributed by atoms with Crippen molar-refractivity contribution in [2.24, 2.45) is 10.7 Å². The van der Waals surface area contributed by atoms with Crippen LogP contribution in [0.15, 0.2) is 23.2 Å². The highest BCUT2D eigenvalue weighted by atomic mass is 19.2. The summed E-state index contributed by atoms with van der Waals surface area (Å²) in [5, 5.41) is 0. The van der Waals surface area contributed by atoms with Crippen LogP contribution in [0.3, 0.4) is 0 Å². The molecule has 0 saturated carbocycles. The molecule has 0 radical (unpaired) electrons. The maximum absolute atomic E-state index is 12.9. The Morgan fingerprint density at radius 2 is 2.20 bits per heavy atom. The van der Waals surface area contributed by atoms with Crippen LogP contribution in [0.25, 0.3) is 0 Å². The van der Waals surface area contributed by atoms with E-state index in [4.69, 9.17) is 10.5 Å². The average Bonchev–Trinajstić information content (AvgIpc) is 2.58. The third-order valence-corrected chi connectivity index (χ3v) is 2.19. The van der Waals surface area contributed by atoms with E-state index in [0.29, 0.717) is 18.6 Å². The van der Waals surface area contributed by atoms with Crippen molar-refractivity contribution in [3.05, 3.63) is 35.4 Å². The first-order valence-electron chi connectivity index (χ1n) is 4.55. The van der Waals surface area contributed by atoms with Gasteiger partial charge in [-0.05, 0) is 24.1 Å². The SMILES string of the molecule is NC1=NC(Cc2ccc(F)c(F)c2)CO1. The fourth-order valence-corrected chi connectivity index (χ4v) is 1.48. The lowest BCUT2D eigenvalue weighted by Gasteiger charge is -2.05. The normalized spacial score (nSPS) is 19.9. The zero-order chi connectivity index (χ0) is 10.8. The van der Waals surface area contributed by atoms with Gasteiger partial charge in [0.2, 0.25) is 0 Å². The van der Waals surface area contributed by atoms with Crippen LogP contribution in [-0.4, -0.2) is 18.7 Å². The Labute approximate surface area is 85.6 Å². The molecule has 0 saturated heterocycles. The lowest BCUT2D eigenvalue weighted by molar-refractivity contribution is 0.312. The minimum absolute atomic E-state index is 0.102. The van der Waals surface area contributed by atoms with Crippen molar-refractivity contribution in [2.45, 2.75) is 12.5 Å². The van der Waals surface area contributed by atoms with E-state index in [1.54, 1.807) is 0 Å². The zero-order valence-electron chi connectivity index (χ0n) is 7.91. The van der Waals surface area contributed by atoms with E-state index in [2.05, 4.69) is 4.99 Å². The van der Waals surface area contributed by atoms with Crippen molar-refractivity contribution >= 4 is 6.02 Å². The minimum atomic E-state index is -0.844. The van der Waals surface area contributed by atoms with E-state index in [0.717, 1.165) is 6.07 Å². The monoisotopic (exact) mass is 212 g/mol. The Bertz CT molecular complexity index is 406. The van der Waals surface area contributed by atoms with Gasteiger partial charge in [-0.3, -0.25) is 0 Å². The van der Waals surface area contributed by atoms with E-state index in [1.165, 1.54) is 12.1 Å². The summed E-state index contributed by atoms with van der Waals surface area (Å²) in [4.78, 5) is 3.99. The fraction of sp³-hybridized carbons (Fsp3) is 0.300. The van der Waals surface area contributed by atoms with Gasteiger partial charge in [0, 0.05) is 0 Å². The highest BCUT2D eigenvalue weighted by Gasteiger charge is 2.17. The summed E-state index contributed by atoms with van der Waals surface area (Å²) >= 11 is 0. The molecule has 0 aliphatic carbocycles. The summed E-state index contributed by atoms with van der Waals surface area (Å²) in [5.74, 6) is -1.69. The number of rotatable bonds is 2. The molecule has 2 N–H and O–H groups in total. The quantitative estimate of drug-likeness (QED) is 0.801. The maximum atomic E-state index is 12.9. The Kier molecular flexibility index (Phi) is 2.53. The predicted octanol–water partition coefficient (Wildman–Crippen LogP) is 1.22. The van der Waals surface area contributed by atoms with Crippen LogP contribution >= 0.6 is 0 Å². The summed E-state index contributed by atoms with van der Waals surface area (Å²) in [6.45, 7) is 0.394. The van der Waals surface area contributed by atoms with E-state index >= 15 is 0 Å². The molecule has 1 atom stereocenters. The molecule has 5 heteroatoms. The summed E-state index contributed by atoms with van der Waals surface area (Å²) in [7, 11) is 0. The summed E-state index contributed by atoms with van der Waals surface area (Å²) in [5.41, 5.74) is 6.01. The van der Waals surface area contributed by atoms with Gasteiger partial charge in [0.25, 0.3) is 6.02 Å². The van der Waals surface area contributed by atoms with E-state index in [9.17, 15) is 8.78 Å². The third kappa shape index (κ3) is 2.23. The summed E-state index contributed by atoms with van der Waals surface area (Å²) < 4.78 is 30.4. The number of halogens is 2. The Hall–Kier alpha value is -1.65. The molecule has 1 aromatic rings. The average molecular weight is 212 g/mol. The van der Waals surface area contributed by atoms with Gasteiger partial charge in [-0.2, -0.15) is 0 Å². The molecule has 0 aromatic heterocycles. The highest BCUT2D eigenvalue weighted by molar-refractivity contribution is 5.73. The molecule has 0 spiro atoms. The van der Waals surface area contributed by atoms with Gasteiger partial charge in [0.15, 0.2) is 11.6 Å². The highest BCUT2D eigenvalue weighted by Crippen LogP contribution is 2.13. The van der Waals surface area contributed by atoms with Gasteiger partial charge >= 0.3 is 0 Å². The van der Waals surface area contributed by atoms with Crippen molar-refractivity contribution in [1.29, 1.82) is 0 Å². The van der Waals surface area contributed by atoms with Crippen LogP contribution in [0.1, 0.15) is 5.56 Å². The Balaban J connectivity index is 2.08. The van der Waals surface area contributed by atoms with Gasteiger partial charge < -0.3 is 10.5 Å². The number of hydrogen-bond acceptors (Lipinski definition) is 3. The van der Waals surface area contributed by atoms with Crippen molar-refractivity contribution < 1.29 is 13.5 Å². The topological polar surface area (TPSA) is 47.6 Å². The molecule has 2 rings (SSSR count). The van der Waals surface area contributed by atoms with Gasteiger partial charge in [0.1, 0.15) is 6.61 Å². The molecule has 80 valence electrons. The molecule has 1 aromatic carbocycles. The number of amidine groups is 1. The molecule has 1 aliphatic heterocycles. The largest absolute Gasteiger partial charge is 0.463 e. The first-order valence-corrected chi connectivity index (χ1v) is 4.55. The maximum Gasteiger partial charge on any atom is 0.282 e. The lowest BCUT2D eigenvalue weighted by Crippen LogP contribution is -2.11. The number of ether oxygens (including phenoxy) is 1. The smallest absolute Gasteiger partial charge is 0.282 e. The minimum Gasteiger partial charge on any atom is -0.463 e. The van der Waals surface area contributed by atoms with Crippen LogP contribution in [-0.2, 0) is 11.2 Å². The van der Waals surface area contributed by atoms with Crippen LogP contribution < -0.4 is 5.73 Å². The second kappa shape index (κ2) is 3.84. The van der Waals surface area contributed by atoms with E-state index in [-0.39, 0.29) is 12.1 Å². The Morgan fingerprint density at radius 3 is 2.80 bits per heavy atom. The van der Waals surface area contributed by atoms with Gasteiger partial charge in [0.05, 0.1) is 6.04 Å². The molecule has 15 heavy (non-hydrogen) atoms. The van der Waals surface area contributed by atoms with Crippen molar-refractivity contribution in [3.63, 3.8) is 0 Å². The molecular weight excluding hydrogens is 202 g/mol. The third-order valence-electron chi connectivity index (χ3n) is 2.19. The first kappa shape index (κ1) is 9.89. The summed E-state index contributed by atoms with van der Waals surface area (Å²) in [6, 6.07) is 3.85. The van der Waals surface area contributed by atoms with E-state index < -0.39 is 11.6 Å². The van der Waals surface area contributed by atoms with Crippen LogP contribution in [0.4, 0.5) is 8.78 Å². The number of hydrogen-bond donors (Lipinski definition) is 1. The Morgan fingerprint density at radius 1 is 1.40 bits per heavy atom. The van der Waals surface area contributed by atoms with Crippen LogP contribution in [0.5, 0.6) is 0 Å². The first-order chi connectivity index (χ1) is 7.15. The second-order valence-corrected chi connectivity index (χ2v) is 3.38. The number of nitrogens with zero attached hydrogens (tertiary/aromatic N) is 1.